The first-order chi connectivity index (χ1) is 12.3. The van der Waals surface area contributed by atoms with Crippen LogP contribution in [0, 0.1) is 0 Å². The van der Waals surface area contributed by atoms with E-state index in [-0.39, 0.29) is 5.56 Å². The van der Waals surface area contributed by atoms with Crippen molar-refractivity contribution in [3.63, 3.8) is 0 Å². The van der Waals surface area contributed by atoms with Gasteiger partial charge in [-0.25, -0.2) is 5.10 Å². The number of hydrogen-bond donors (Lipinski definition) is 1. The summed E-state index contributed by atoms with van der Waals surface area (Å²) in [5.74, 6) is 0. The molecule has 0 unspecified atom stereocenters. The van der Waals surface area contributed by atoms with Gasteiger partial charge in [-0.1, -0.05) is 24.3 Å². The minimum atomic E-state index is -0.000446. The molecule has 0 radical (unpaired) electrons. The van der Waals surface area contributed by atoms with Gasteiger partial charge >= 0.3 is 0 Å². The number of aromatic nitrogens is 2. The predicted octanol–water partition coefficient (Wildman–Crippen LogP) is 2.07. The average Bonchev–Trinajstić information content (AvgIpc) is 2.65. The number of ether oxygens (including phenoxy) is 1. The van der Waals surface area contributed by atoms with E-state index in [4.69, 9.17) is 4.74 Å². The maximum Gasteiger partial charge on any atom is 0.267 e. The summed E-state index contributed by atoms with van der Waals surface area (Å²) in [5.41, 5.74) is 5.78. The molecular formula is C20H25N3O2. The third-order valence-corrected chi connectivity index (χ3v) is 5.26. The van der Waals surface area contributed by atoms with Gasteiger partial charge in [0, 0.05) is 31.6 Å². The highest BCUT2D eigenvalue weighted by Gasteiger charge is 2.18. The quantitative estimate of drug-likeness (QED) is 0.926. The summed E-state index contributed by atoms with van der Waals surface area (Å²) in [6.07, 6.45) is 4.92. The Hall–Kier alpha value is -1.98. The second-order valence-corrected chi connectivity index (χ2v) is 7.05. The van der Waals surface area contributed by atoms with Gasteiger partial charge in [-0.3, -0.25) is 9.69 Å². The Morgan fingerprint density at radius 2 is 1.84 bits per heavy atom. The summed E-state index contributed by atoms with van der Waals surface area (Å²) in [4.78, 5) is 14.4. The van der Waals surface area contributed by atoms with Crippen molar-refractivity contribution < 1.29 is 4.74 Å². The van der Waals surface area contributed by atoms with Crippen LogP contribution in [0.3, 0.4) is 0 Å². The van der Waals surface area contributed by atoms with Gasteiger partial charge in [0.05, 0.1) is 18.9 Å². The first-order valence-electron chi connectivity index (χ1n) is 9.27. The van der Waals surface area contributed by atoms with Gasteiger partial charge in [-0.15, -0.1) is 0 Å². The molecule has 1 aliphatic heterocycles. The summed E-state index contributed by atoms with van der Waals surface area (Å²) < 4.78 is 5.42. The molecule has 132 valence electrons. The highest BCUT2D eigenvalue weighted by molar-refractivity contribution is 5.35. The van der Waals surface area contributed by atoms with Gasteiger partial charge in [0.2, 0.25) is 0 Å². The van der Waals surface area contributed by atoms with Crippen molar-refractivity contribution in [3.8, 4) is 0 Å². The molecule has 0 saturated carbocycles. The zero-order chi connectivity index (χ0) is 17.1. The van der Waals surface area contributed by atoms with Crippen molar-refractivity contribution in [3.05, 3.63) is 62.6 Å². The minimum absolute atomic E-state index is 0.000446. The summed E-state index contributed by atoms with van der Waals surface area (Å²) >= 11 is 0. The van der Waals surface area contributed by atoms with E-state index in [0.29, 0.717) is 0 Å². The van der Waals surface area contributed by atoms with E-state index in [1.54, 1.807) is 0 Å². The number of fused-ring (bicyclic) bond motifs is 1. The molecule has 1 fully saturated rings. The van der Waals surface area contributed by atoms with Gasteiger partial charge in [0.25, 0.3) is 5.56 Å². The number of nitrogens with zero attached hydrogens (tertiary/aromatic N) is 2. The second kappa shape index (κ2) is 7.50. The zero-order valence-corrected chi connectivity index (χ0v) is 14.6. The Morgan fingerprint density at radius 3 is 2.68 bits per heavy atom. The van der Waals surface area contributed by atoms with Crippen LogP contribution in [0.4, 0.5) is 0 Å². The summed E-state index contributed by atoms with van der Waals surface area (Å²) in [6.45, 7) is 4.62. The molecule has 1 aliphatic carbocycles. The van der Waals surface area contributed by atoms with Crippen LogP contribution in [-0.2, 0) is 30.5 Å². The van der Waals surface area contributed by atoms with Gasteiger partial charge < -0.3 is 4.74 Å². The Morgan fingerprint density at radius 1 is 1.08 bits per heavy atom. The molecule has 2 heterocycles. The Kier molecular flexibility index (Phi) is 4.95. The van der Waals surface area contributed by atoms with Crippen LogP contribution in [-0.4, -0.2) is 41.4 Å². The van der Waals surface area contributed by atoms with Crippen LogP contribution in [0.25, 0.3) is 0 Å². The lowest BCUT2D eigenvalue weighted by Gasteiger charge is -2.26. The Labute approximate surface area is 148 Å². The number of H-pyrrole nitrogens is 1. The van der Waals surface area contributed by atoms with E-state index in [9.17, 15) is 4.79 Å². The van der Waals surface area contributed by atoms with Crippen molar-refractivity contribution in [1.82, 2.24) is 15.1 Å². The van der Waals surface area contributed by atoms with Crippen LogP contribution in [0.15, 0.2) is 29.1 Å². The van der Waals surface area contributed by atoms with E-state index >= 15 is 0 Å². The molecule has 0 spiro atoms. The minimum Gasteiger partial charge on any atom is -0.379 e. The molecule has 2 aromatic rings. The number of hydrogen-bond acceptors (Lipinski definition) is 4. The highest BCUT2D eigenvalue weighted by atomic mass is 16.5. The number of nitrogens with one attached hydrogen (secondary N) is 1. The molecule has 1 aromatic heterocycles. The number of benzene rings is 1. The molecule has 5 nitrogen and oxygen atoms in total. The van der Waals surface area contributed by atoms with E-state index in [1.165, 1.54) is 16.7 Å². The second-order valence-electron chi connectivity index (χ2n) is 7.05. The predicted molar refractivity (Wildman–Crippen MR) is 96.8 cm³/mol. The maximum atomic E-state index is 12.0. The first kappa shape index (κ1) is 16.5. The van der Waals surface area contributed by atoms with Crippen LogP contribution >= 0.6 is 0 Å². The third-order valence-electron chi connectivity index (χ3n) is 5.26. The molecule has 0 bridgehead atoms. The average molecular weight is 339 g/mol. The molecule has 5 heteroatoms. The van der Waals surface area contributed by atoms with Crippen LogP contribution < -0.4 is 5.56 Å². The van der Waals surface area contributed by atoms with Gasteiger partial charge in [-0.2, -0.15) is 5.10 Å². The monoisotopic (exact) mass is 339 g/mol. The fourth-order valence-corrected chi connectivity index (χ4v) is 3.92. The van der Waals surface area contributed by atoms with E-state index in [0.717, 1.165) is 76.2 Å². The lowest BCUT2D eigenvalue weighted by Crippen LogP contribution is -2.35. The van der Waals surface area contributed by atoms with Crippen LogP contribution in [0.5, 0.6) is 0 Å². The summed E-state index contributed by atoms with van der Waals surface area (Å²) in [5, 5.41) is 7.07. The molecule has 1 aromatic carbocycles. The van der Waals surface area contributed by atoms with Gasteiger partial charge in [-0.05, 0) is 42.4 Å². The van der Waals surface area contributed by atoms with Crippen LogP contribution in [0.2, 0.25) is 0 Å². The van der Waals surface area contributed by atoms with Crippen molar-refractivity contribution in [2.24, 2.45) is 0 Å². The summed E-state index contributed by atoms with van der Waals surface area (Å²) in [7, 11) is 0. The van der Waals surface area contributed by atoms with Crippen molar-refractivity contribution in [2.45, 2.75) is 38.6 Å². The lowest BCUT2D eigenvalue weighted by molar-refractivity contribution is 0.0342. The topological polar surface area (TPSA) is 58.2 Å². The molecule has 1 saturated heterocycles. The largest absolute Gasteiger partial charge is 0.379 e. The fraction of sp³-hybridized carbons (Fsp3) is 0.500. The van der Waals surface area contributed by atoms with Crippen molar-refractivity contribution in [2.75, 3.05) is 26.3 Å². The van der Waals surface area contributed by atoms with E-state index in [2.05, 4.69) is 39.4 Å². The standard InChI is InChI=1S/C20H25N3O2/c24-20-18-7-2-1-6-17(18)19(21-22-20)13-15-4-3-5-16(12-15)14-23-8-10-25-11-9-23/h3-5,12H,1-2,6-11,13-14H2,(H,22,24). The molecule has 0 atom stereocenters. The first-order valence-corrected chi connectivity index (χ1v) is 9.27. The van der Waals surface area contributed by atoms with E-state index < -0.39 is 0 Å². The van der Waals surface area contributed by atoms with Crippen LogP contribution in [0.1, 0.15) is 40.8 Å². The molecule has 4 rings (SSSR count). The van der Waals surface area contributed by atoms with Gasteiger partial charge in [0.15, 0.2) is 0 Å². The smallest absolute Gasteiger partial charge is 0.267 e. The van der Waals surface area contributed by atoms with Crippen molar-refractivity contribution >= 4 is 0 Å². The Balaban J connectivity index is 1.53. The molecular weight excluding hydrogens is 314 g/mol. The molecule has 25 heavy (non-hydrogen) atoms. The van der Waals surface area contributed by atoms with Crippen molar-refractivity contribution in [1.29, 1.82) is 0 Å². The zero-order valence-electron chi connectivity index (χ0n) is 14.6. The number of rotatable bonds is 4. The SMILES string of the molecule is O=c1[nH]nc(Cc2cccc(CN3CCOCC3)c2)c2c1CCCC2. The molecule has 1 N–H and O–H groups in total. The summed E-state index contributed by atoms with van der Waals surface area (Å²) in [6, 6.07) is 8.75. The normalized spacial score (nSPS) is 18.1. The molecule has 0 amide bonds. The fourth-order valence-electron chi connectivity index (χ4n) is 3.92. The number of morpholine rings is 1. The number of aromatic amines is 1. The molecule has 2 aliphatic rings. The Bertz CT molecular complexity index is 794. The lowest BCUT2D eigenvalue weighted by atomic mass is 9.90. The highest BCUT2D eigenvalue weighted by Crippen LogP contribution is 2.22. The third kappa shape index (κ3) is 3.83. The maximum absolute atomic E-state index is 12.0. The van der Waals surface area contributed by atoms with Gasteiger partial charge in [0.1, 0.15) is 0 Å². The van der Waals surface area contributed by atoms with E-state index in [1.807, 2.05) is 0 Å².